The third kappa shape index (κ3) is 3.92. The second-order valence-electron chi connectivity index (χ2n) is 8.86. The van der Waals surface area contributed by atoms with Gasteiger partial charge in [0.15, 0.2) is 0 Å². The van der Waals surface area contributed by atoms with Crippen LogP contribution >= 0.6 is 0 Å². The zero-order valence-electron chi connectivity index (χ0n) is 18.1. The van der Waals surface area contributed by atoms with Crippen LogP contribution in [0.15, 0.2) is 29.1 Å². The van der Waals surface area contributed by atoms with E-state index in [0.29, 0.717) is 25.0 Å². The Kier molecular flexibility index (Phi) is 5.27. The van der Waals surface area contributed by atoms with Crippen molar-refractivity contribution in [2.45, 2.75) is 39.8 Å². The van der Waals surface area contributed by atoms with E-state index in [4.69, 9.17) is 4.74 Å². The zero-order valence-corrected chi connectivity index (χ0v) is 18.1. The summed E-state index contributed by atoms with van der Waals surface area (Å²) in [6, 6.07) is 7.90. The van der Waals surface area contributed by atoms with E-state index in [9.17, 15) is 9.59 Å². The number of amides is 1. The van der Waals surface area contributed by atoms with Gasteiger partial charge in [0.2, 0.25) is 0 Å². The summed E-state index contributed by atoms with van der Waals surface area (Å²) in [4.78, 5) is 29.5. The maximum Gasteiger partial charge on any atom is 0.410 e. The van der Waals surface area contributed by atoms with Crippen LogP contribution in [0.1, 0.15) is 26.5 Å². The third-order valence-corrected chi connectivity index (χ3v) is 5.52. The van der Waals surface area contributed by atoms with Crippen molar-refractivity contribution in [1.82, 2.24) is 24.6 Å². The lowest BCUT2D eigenvalue weighted by atomic mass is 10.1. The van der Waals surface area contributed by atoms with Gasteiger partial charge in [-0.15, -0.1) is 0 Å². The number of aromatic amines is 1. The highest BCUT2D eigenvalue weighted by Crippen LogP contribution is 2.22. The maximum absolute atomic E-state index is 13.2. The van der Waals surface area contributed by atoms with Crippen molar-refractivity contribution >= 4 is 27.9 Å². The van der Waals surface area contributed by atoms with Crippen LogP contribution in [0.3, 0.4) is 0 Å². The summed E-state index contributed by atoms with van der Waals surface area (Å²) in [5.41, 5.74) is 1.92. The average molecular weight is 412 g/mol. The number of nitrogens with zero attached hydrogens (tertiary/aromatic N) is 4. The van der Waals surface area contributed by atoms with Crippen LogP contribution in [-0.2, 0) is 11.3 Å². The van der Waals surface area contributed by atoms with E-state index in [0.717, 1.165) is 41.7 Å². The van der Waals surface area contributed by atoms with Crippen LogP contribution in [0.4, 0.5) is 4.79 Å². The zero-order chi connectivity index (χ0) is 21.5. The van der Waals surface area contributed by atoms with Crippen LogP contribution in [0, 0.1) is 6.92 Å². The lowest BCUT2D eigenvalue weighted by Crippen LogP contribution is -2.50. The molecule has 4 rings (SSSR count). The molecule has 0 aliphatic carbocycles. The maximum atomic E-state index is 13.2. The summed E-state index contributed by atoms with van der Waals surface area (Å²) >= 11 is 0. The molecule has 160 valence electrons. The summed E-state index contributed by atoms with van der Waals surface area (Å²) in [6.07, 6.45) is -0.259. The molecule has 1 aliphatic heterocycles. The number of nitrogens with one attached hydrogen (secondary N) is 1. The van der Waals surface area contributed by atoms with Gasteiger partial charge in [-0.05, 0) is 33.8 Å². The van der Waals surface area contributed by atoms with Gasteiger partial charge in [0.1, 0.15) is 11.1 Å². The third-order valence-electron chi connectivity index (χ3n) is 5.52. The molecule has 0 saturated carbocycles. The predicted octanol–water partition coefficient (Wildman–Crippen LogP) is 2.74. The highest BCUT2D eigenvalue weighted by atomic mass is 16.6. The minimum absolute atomic E-state index is 0.0117. The van der Waals surface area contributed by atoms with Crippen molar-refractivity contribution < 1.29 is 9.53 Å². The number of benzene rings is 1. The van der Waals surface area contributed by atoms with Gasteiger partial charge in [-0.2, -0.15) is 5.10 Å². The lowest BCUT2D eigenvalue weighted by molar-refractivity contribution is 0.0143. The smallest absolute Gasteiger partial charge is 0.410 e. The number of rotatable bonds is 3. The molecule has 0 bridgehead atoms. The van der Waals surface area contributed by atoms with Gasteiger partial charge in [-0.1, -0.05) is 18.2 Å². The fourth-order valence-electron chi connectivity index (χ4n) is 3.98. The first-order chi connectivity index (χ1) is 14.2. The minimum atomic E-state index is -0.486. The molecule has 1 saturated heterocycles. The van der Waals surface area contributed by atoms with Gasteiger partial charge in [-0.3, -0.25) is 14.8 Å². The van der Waals surface area contributed by atoms with E-state index in [1.54, 1.807) is 4.90 Å². The van der Waals surface area contributed by atoms with Crippen molar-refractivity contribution in [3.63, 3.8) is 0 Å². The van der Waals surface area contributed by atoms with Gasteiger partial charge < -0.3 is 14.2 Å². The molecule has 1 aromatic carbocycles. The normalized spacial score (nSPS) is 15.8. The number of carbonyl (C=O) groups is 1. The topological polar surface area (TPSA) is 83.5 Å². The number of H-pyrrole nitrogens is 1. The van der Waals surface area contributed by atoms with Crippen LogP contribution in [-0.4, -0.2) is 69.0 Å². The molecule has 1 fully saturated rings. The Hall–Kier alpha value is -2.87. The molecule has 3 aromatic rings. The number of aryl methyl sites for hydroxylation is 1. The fraction of sp³-hybridized carbons (Fsp3) is 0.500. The number of aromatic nitrogens is 3. The minimum Gasteiger partial charge on any atom is -0.444 e. The number of piperazine rings is 1. The Morgan fingerprint density at radius 2 is 1.83 bits per heavy atom. The Labute approximate surface area is 175 Å². The quantitative estimate of drug-likeness (QED) is 0.717. The molecule has 8 nitrogen and oxygen atoms in total. The van der Waals surface area contributed by atoms with Crippen molar-refractivity contribution in [1.29, 1.82) is 0 Å². The van der Waals surface area contributed by atoms with Crippen molar-refractivity contribution in [3.8, 4) is 0 Å². The van der Waals surface area contributed by atoms with E-state index in [1.165, 1.54) is 0 Å². The lowest BCUT2D eigenvalue weighted by Gasteiger charge is -2.35. The van der Waals surface area contributed by atoms with Crippen LogP contribution in [0.25, 0.3) is 21.8 Å². The molecule has 3 heterocycles. The van der Waals surface area contributed by atoms with Gasteiger partial charge >= 0.3 is 6.09 Å². The summed E-state index contributed by atoms with van der Waals surface area (Å²) in [5, 5.41) is 8.93. The molecular weight excluding hydrogens is 382 g/mol. The van der Waals surface area contributed by atoms with Crippen LogP contribution in [0.2, 0.25) is 0 Å². The number of ether oxygens (including phenoxy) is 1. The first kappa shape index (κ1) is 20.4. The van der Waals surface area contributed by atoms with Gasteiger partial charge in [-0.25, -0.2) is 4.79 Å². The number of carbonyl (C=O) groups excluding carboxylic acids is 1. The van der Waals surface area contributed by atoms with Crippen molar-refractivity contribution in [3.05, 3.63) is 40.3 Å². The van der Waals surface area contributed by atoms with E-state index in [-0.39, 0.29) is 11.7 Å². The summed E-state index contributed by atoms with van der Waals surface area (Å²) in [7, 11) is 0. The molecule has 1 N–H and O–H groups in total. The molecule has 0 atom stereocenters. The van der Waals surface area contributed by atoms with E-state index in [1.807, 2.05) is 56.5 Å². The number of hydrogen-bond donors (Lipinski definition) is 1. The van der Waals surface area contributed by atoms with E-state index >= 15 is 0 Å². The molecule has 0 spiro atoms. The second-order valence-corrected chi connectivity index (χ2v) is 8.86. The van der Waals surface area contributed by atoms with Crippen LogP contribution in [0.5, 0.6) is 0 Å². The first-order valence-corrected chi connectivity index (χ1v) is 10.4. The summed E-state index contributed by atoms with van der Waals surface area (Å²) < 4.78 is 7.31. The molecule has 1 amide bonds. The monoisotopic (exact) mass is 411 g/mol. The number of pyridine rings is 1. The highest BCUT2D eigenvalue weighted by Gasteiger charge is 2.26. The van der Waals surface area contributed by atoms with Gasteiger partial charge in [0.05, 0.1) is 10.9 Å². The SMILES string of the molecule is Cc1[nH]nc2c1c(=O)n(CCN1CCN(C(=O)OC(C)(C)C)CC1)c1ccccc21. The van der Waals surface area contributed by atoms with E-state index in [2.05, 4.69) is 15.1 Å². The number of para-hydroxylation sites is 1. The Morgan fingerprint density at radius 3 is 2.53 bits per heavy atom. The fourth-order valence-corrected chi connectivity index (χ4v) is 3.98. The molecule has 8 heteroatoms. The van der Waals surface area contributed by atoms with Gasteiger partial charge in [0, 0.05) is 50.3 Å². The molecule has 2 aromatic heterocycles. The second kappa shape index (κ2) is 7.75. The number of fused-ring (bicyclic) bond motifs is 3. The van der Waals surface area contributed by atoms with E-state index < -0.39 is 5.60 Å². The Balaban J connectivity index is 1.48. The van der Waals surface area contributed by atoms with Crippen molar-refractivity contribution in [2.75, 3.05) is 32.7 Å². The van der Waals surface area contributed by atoms with Gasteiger partial charge in [0.25, 0.3) is 5.56 Å². The molecule has 0 unspecified atom stereocenters. The first-order valence-electron chi connectivity index (χ1n) is 10.4. The summed E-state index contributed by atoms with van der Waals surface area (Å²) in [6.45, 7) is 11.6. The predicted molar refractivity (Wildman–Crippen MR) is 117 cm³/mol. The van der Waals surface area contributed by atoms with Crippen LogP contribution < -0.4 is 5.56 Å². The summed E-state index contributed by atoms with van der Waals surface area (Å²) in [5.74, 6) is 0. The molecule has 30 heavy (non-hydrogen) atoms. The average Bonchev–Trinajstić information content (AvgIpc) is 3.09. The Bertz CT molecular complexity index is 1130. The Morgan fingerprint density at radius 1 is 1.13 bits per heavy atom. The standard InChI is InChI=1S/C22H29N5O3/c1-15-18-19(24-23-15)16-7-5-6-8-17(16)27(20(18)28)14-11-25-9-12-26(13-10-25)21(29)30-22(2,3)4/h5-8H,9-14H2,1-4H3,(H,23,24). The highest BCUT2D eigenvalue weighted by molar-refractivity contribution is 6.03. The van der Waals surface area contributed by atoms with Crippen molar-refractivity contribution in [2.24, 2.45) is 0 Å². The molecular formula is C22H29N5O3. The molecule has 0 radical (unpaired) electrons. The molecule has 1 aliphatic rings. The number of hydrogen-bond acceptors (Lipinski definition) is 5. The largest absolute Gasteiger partial charge is 0.444 e.